The van der Waals surface area contributed by atoms with Crippen LogP contribution in [0.15, 0.2) is 24.3 Å². The number of carbonyl (C=O) groups excluding carboxylic acids is 1. The van der Waals surface area contributed by atoms with E-state index >= 15 is 0 Å². The van der Waals surface area contributed by atoms with Crippen LogP contribution in [0, 0.1) is 0 Å². The summed E-state index contributed by atoms with van der Waals surface area (Å²) < 4.78 is 0. The van der Waals surface area contributed by atoms with E-state index in [0.717, 1.165) is 26.1 Å². The maximum Gasteiger partial charge on any atom is 0.246 e. The van der Waals surface area contributed by atoms with Gasteiger partial charge in [-0.05, 0) is 32.7 Å². The largest absolute Gasteiger partial charge is 0.338 e. The zero-order chi connectivity index (χ0) is 12.5. The van der Waals surface area contributed by atoms with Crippen LogP contribution in [-0.4, -0.2) is 36.5 Å². The minimum absolute atomic E-state index is 0.124. The molecule has 17 heavy (non-hydrogen) atoms. The summed E-state index contributed by atoms with van der Waals surface area (Å²) >= 11 is 0. The Bertz CT molecular complexity index is 278. The molecule has 0 saturated carbocycles. The van der Waals surface area contributed by atoms with Crippen molar-refractivity contribution in [2.75, 3.05) is 19.6 Å². The Balaban J connectivity index is 2.47. The van der Waals surface area contributed by atoms with Crippen molar-refractivity contribution in [2.24, 2.45) is 0 Å². The lowest BCUT2D eigenvalue weighted by atomic mass is 10.2. The zero-order valence-corrected chi connectivity index (χ0v) is 11.0. The summed E-state index contributed by atoms with van der Waals surface area (Å²) in [5, 5.41) is 3.44. The van der Waals surface area contributed by atoms with Gasteiger partial charge in [-0.1, -0.05) is 25.2 Å². The highest BCUT2D eigenvalue weighted by Crippen LogP contribution is 2.08. The van der Waals surface area contributed by atoms with Gasteiger partial charge in [0, 0.05) is 25.2 Å². The molecule has 0 bridgehead atoms. The first-order valence-electron chi connectivity index (χ1n) is 6.59. The van der Waals surface area contributed by atoms with Gasteiger partial charge < -0.3 is 10.2 Å². The van der Waals surface area contributed by atoms with Gasteiger partial charge in [0.15, 0.2) is 0 Å². The molecule has 0 aromatic rings. The van der Waals surface area contributed by atoms with Crippen molar-refractivity contribution in [3.8, 4) is 0 Å². The van der Waals surface area contributed by atoms with Crippen molar-refractivity contribution in [3.63, 3.8) is 0 Å². The summed E-state index contributed by atoms with van der Waals surface area (Å²) in [6.45, 7) is 6.83. The average molecular weight is 236 g/mol. The van der Waals surface area contributed by atoms with E-state index in [9.17, 15) is 4.79 Å². The predicted octanol–water partition coefficient (Wildman–Crippen LogP) is 2.11. The van der Waals surface area contributed by atoms with Gasteiger partial charge in [-0.2, -0.15) is 0 Å². The van der Waals surface area contributed by atoms with Crippen molar-refractivity contribution < 1.29 is 4.79 Å². The lowest BCUT2D eigenvalue weighted by Crippen LogP contribution is -2.40. The Hall–Kier alpha value is -1.09. The molecule has 1 rings (SSSR count). The molecule has 0 radical (unpaired) electrons. The summed E-state index contributed by atoms with van der Waals surface area (Å²) in [5.74, 6) is 0.124. The van der Waals surface area contributed by atoms with Crippen molar-refractivity contribution in [1.29, 1.82) is 0 Å². The third kappa shape index (κ3) is 5.18. The van der Waals surface area contributed by atoms with Crippen molar-refractivity contribution >= 4 is 5.91 Å². The standard InChI is InChI=1S/C14H24N2O/c1-3-5-6-9-14(17)16(11-4-2)12-13-8-7-10-15-13/h3,5-6,9,13,15H,4,7-8,10-12H2,1-2H3/b5-3?,9-6+. The predicted molar refractivity (Wildman–Crippen MR) is 71.8 cm³/mol. The SMILES string of the molecule is CC=C/C=C/C(=O)N(CCC)CC1CCCN1. The van der Waals surface area contributed by atoms with Crippen LogP contribution in [0.3, 0.4) is 0 Å². The van der Waals surface area contributed by atoms with Gasteiger partial charge in [0.25, 0.3) is 0 Å². The molecule has 96 valence electrons. The van der Waals surface area contributed by atoms with Crippen LogP contribution in [0.25, 0.3) is 0 Å². The van der Waals surface area contributed by atoms with Gasteiger partial charge in [-0.15, -0.1) is 0 Å². The quantitative estimate of drug-likeness (QED) is 0.566. The minimum atomic E-state index is 0.124. The molecular formula is C14H24N2O. The number of amides is 1. The fraction of sp³-hybridized carbons (Fsp3) is 0.643. The molecule has 0 spiro atoms. The van der Waals surface area contributed by atoms with Crippen molar-refractivity contribution in [3.05, 3.63) is 24.3 Å². The smallest absolute Gasteiger partial charge is 0.246 e. The Labute approximate surface area is 105 Å². The Morgan fingerprint density at radius 2 is 2.29 bits per heavy atom. The molecule has 1 fully saturated rings. The lowest BCUT2D eigenvalue weighted by Gasteiger charge is -2.24. The molecular weight excluding hydrogens is 212 g/mol. The first kappa shape index (κ1) is 14.0. The summed E-state index contributed by atoms with van der Waals surface area (Å²) in [4.78, 5) is 13.9. The number of nitrogens with one attached hydrogen (secondary N) is 1. The highest BCUT2D eigenvalue weighted by atomic mass is 16.2. The summed E-state index contributed by atoms with van der Waals surface area (Å²) in [6, 6.07) is 0.487. The van der Waals surface area contributed by atoms with Gasteiger partial charge >= 0.3 is 0 Å². The molecule has 1 unspecified atom stereocenters. The van der Waals surface area contributed by atoms with Gasteiger partial charge in [0.2, 0.25) is 5.91 Å². The molecule has 1 amide bonds. The van der Waals surface area contributed by atoms with Crippen LogP contribution in [0.2, 0.25) is 0 Å². The molecule has 3 nitrogen and oxygen atoms in total. The molecule has 1 aliphatic rings. The van der Waals surface area contributed by atoms with E-state index in [2.05, 4.69) is 12.2 Å². The summed E-state index contributed by atoms with van der Waals surface area (Å²) in [5.41, 5.74) is 0. The van der Waals surface area contributed by atoms with E-state index in [1.165, 1.54) is 12.8 Å². The fourth-order valence-electron chi connectivity index (χ4n) is 2.09. The molecule has 1 aliphatic heterocycles. The second kappa shape index (κ2) is 8.07. The third-order valence-electron chi connectivity index (χ3n) is 2.95. The van der Waals surface area contributed by atoms with E-state index in [1.807, 2.05) is 30.1 Å². The third-order valence-corrected chi connectivity index (χ3v) is 2.95. The molecule has 0 aliphatic carbocycles. The Kier molecular flexibility index (Phi) is 6.63. The highest BCUT2D eigenvalue weighted by Gasteiger charge is 2.19. The van der Waals surface area contributed by atoms with Crippen LogP contribution in [-0.2, 0) is 4.79 Å². The highest BCUT2D eigenvalue weighted by molar-refractivity contribution is 5.87. The van der Waals surface area contributed by atoms with Gasteiger partial charge in [-0.25, -0.2) is 0 Å². The number of hydrogen-bond acceptors (Lipinski definition) is 2. The Morgan fingerprint density at radius 1 is 1.47 bits per heavy atom. The second-order valence-electron chi connectivity index (χ2n) is 4.46. The van der Waals surface area contributed by atoms with E-state index < -0.39 is 0 Å². The van der Waals surface area contributed by atoms with Crippen LogP contribution in [0.5, 0.6) is 0 Å². The van der Waals surface area contributed by atoms with E-state index in [4.69, 9.17) is 0 Å². The number of allylic oxidation sites excluding steroid dienone is 3. The first-order chi connectivity index (χ1) is 8.27. The van der Waals surface area contributed by atoms with Crippen molar-refractivity contribution in [2.45, 2.75) is 39.2 Å². The number of nitrogens with zero attached hydrogens (tertiary/aromatic N) is 1. The average Bonchev–Trinajstić information content (AvgIpc) is 2.81. The van der Waals surface area contributed by atoms with Crippen LogP contribution in [0.4, 0.5) is 0 Å². The van der Waals surface area contributed by atoms with E-state index in [-0.39, 0.29) is 5.91 Å². The van der Waals surface area contributed by atoms with Gasteiger partial charge in [-0.3, -0.25) is 4.79 Å². The second-order valence-corrected chi connectivity index (χ2v) is 4.46. The van der Waals surface area contributed by atoms with Crippen LogP contribution >= 0.6 is 0 Å². The molecule has 1 atom stereocenters. The molecule has 3 heteroatoms. The first-order valence-corrected chi connectivity index (χ1v) is 6.59. The molecule has 0 aromatic heterocycles. The zero-order valence-electron chi connectivity index (χ0n) is 11.0. The van der Waals surface area contributed by atoms with E-state index in [0.29, 0.717) is 6.04 Å². The van der Waals surface area contributed by atoms with Gasteiger partial charge in [0.05, 0.1) is 0 Å². The molecule has 1 heterocycles. The molecule has 1 N–H and O–H groups in total. The topological polar surface area (TPSA) is 32.3 Å². The lowest BCUT2D eigenvalue weighted by molar-refractivity contribution is -0.126. The van der Waals surface area contributed by atoms with E-state index in [1.54, 1.807) is 6.08 Å². The number of carbonyl (C=O) groups is 1. The normalized spacial score (nSPS) is 20.5. The van der Waals surface area contributed by atoms with Crippen LogP contribution < -0.4 is 5.32 Å². The van der Waals surface area contributed by atoms with Gasteiger partial charge in [0.1, 0.15) is 0 Å². The Morgan fingerprint density at radius 3 is 2.88 bits per heavy atom. The molecule has 1 saturated heterocycles. The monoisotopic (exact) mass is 236 g/mol. The summed E-state index contributed by atoms with van der Waals surface area (Å²) in [7, 11) is 0. The van der Waals surface area contributed by atoms with Crippen LogP contribution in [0.1, 0.15) is 33.1 Å². The number of rotatable bonds is 6. The number of hydrogen-bond donors (Lipinski definition) is 1. The molecule has 0 aromatic carbocycles. The van der Waals surface area contributed by atoms with Crippen molar-refractivity contribution in [1.82, 2.24) is 10.2 Å². The maximum absolute atomic E-state index is 12.0. The fourth-order valence-corrected chi connectivity index (χ4v) is 2.09. The minimum Gasteiger partial charge on any atom is -0.338 e. The maximum atomic E-state index is 12.0. The summed E-state index contributed by atoms with van der Waals surface area (Å²) in [6.07, 6.45) is 10.7.